The van der Waals surface area contributed by atoms with Crippen LogP contribution in [0.3, 0.4) is 0 Å². The molecule has 0 radical (unpaired) electrons. The van der Waals surface area contributed by atoms with E-state index < -0.39 is 0 Å². The fraction of sp³-hybridized carbons (Fsp3) is 0.625. The van der Waals surface area contributed by atoms with Crippen LogP contribution in [-0.2, 0) is 11.2 Å². The SMILES string of the molecule is COCCCN1CC(Cc2ccccc2)NCC1C. The van der Waals surface area contributed by atoms with E-state index in [1.165, 1.54) is 5.56 Å². The fourth-order valence-corrected chi connectivity index (χ4v) is 2.75. The van der Waals surface area contributed by atoms with Crippen LogP contribution in [0.2, 0.25) is 0 Å². The molecule has 0 aromatic heterocycles. The third kappa shape index (κ3) is 4.60. The van der Waals surface area contributed by atoms with Crippen LogP contribution in [0, 0.1) is 0 Å². The minimum absolute atomic E-state index is 0.571. The van der Waals surface area contributed by atoms with E-state index in [0.29, 0.717) is 12.1 Å². The average Bonchev–Trinajstić information content (AvgIpc) is 2.44. The minimum Gasteiger partial charge on any atom is -0.385 e. The second-order valence-electron chi connectivity index (χ2n) is 5.49. The first kappa shape index (κ1) is 14.5. The zero-order valence-corrected chi connectivity index (χ0v) is 12.1. The van der Waals surface area contributed by atoms with Gasteiger partial charge in [0.05, 0.1) is 0 Å². The highest BCUT2D eigenvalue weighted by atomic mass is 16.5. The molecule has 3 heteroatoms. The van der Waals surface area contributed by atoms with E-state index in [0.717, 1.165) is 39.1 Å². The first-order valence-corrected chi connectivity index (χ1v) is 7.30. The lowest BCUT2D eigenvalue weighted by Gasteiger charge is -2.39. The highest BCUT2D eigenvalue weighted by Gasteiger charge is 2.24. The highest BCUT2D eigenvalue weighted by molar-refractivity contribution is 5.16. The van der Waals surface area contributed by atoms with Gasteiger partial charge < -0.3 is 10.1 Å². The Labute approximate surface area is 116 Å². The first-order chi connectivity index (χ1) is 9.29. The summed E-state index contributed by atoms with van der Waals surface area (Å²) < 4.78 is 5.15. The summed E-state index contributed by atoms with van der Waals surface area (Å²) >= 11 is 0. The van der Waals surface area contributed by atoms with E-state index in [1.54, 1.807) is 7.11 Å². The Balaban J connectivity index is 1.83. The topological polar surface area (TPSA) is 24.5 Å². The molecule has 0 spiro atoms. The number of rotatable bonds is 6. The average molecular weight is 262 g/mol. The smallest absolute Gasteiger partial charge is 0.0474 e. The molecule has 106 valence electrons. The number of methoxy groups -OCH3 is 1. The molecule has 0 amide bonds. The molecule has 1 heterocycles. The summed E-state index contributed by atoms with van der Waals surface area (Å²) in [7, 11) is 1.78. The van der Waals surface area contributed by atoms with Crippen LogP contribution in [0.4, 0.5) is 0 Å². The van der Waals surface area contributed by atoms with Gasteiger partial charge in [-0.1, -0.05) is 30.3 Å². The molecule has 1 aromatic carbocycles. The third-order valence-electron chi connectivity index (χ3n) is 3.90. The van der Waals surface area contributed by atoms with E-state index >= 15 is 0 Å². The number of benzene rings is 1. The summed E-state index contributed by atoms with van der Waals surface area (Å²) in [6.45, 7) is 6.53. The Morgan fingerprint density at radius 1 is 1.32 bits per heavy atom. The highest BCUT2D eigenvalue weighted by Crippen LogP contribution is 2.11. The molecule has 0 bridgehead atoms. The monoisotopic (exact) mass is 262 g/mol. The maximum absolute atomic E-state index is 5.15. The van der Waals surface area contributed by atoms with Crippen molar-refractivity contribution < 1.29 is 4.74 Å². The van der Waals surface area contributed by atoms with Gasteiger partial charge in [0.25, 0.3) is 0 Å². The quantitative estimate of drug-likeness (QED) is 0.793. The molecule has 19 heavy (non-hydrogen) atoms. The molecule has 1 N–H and O–H groups in total. The number of piperazine rings is 1. The lowest BCUT2D eigenvalue weighted by molar-refractivity contribution is 0.118. The van der Waals surface area contributed by atoms with Crippen molar-refractivity contribution in [2.45, 2.75) is 31.8 Å². The Hall–Kier alpha value is -0.900. The second-order valence-corrected chi connectivity index (χ2v) is 5.49. The summed E-state index contributed by atoms with van der Waals surface area (Å²) in [5.41, 5.74) is 1.42. The van der Waals surface area contributed by atoms with Crippen LogP contribution in [0.15, 0.2) is 30.3 Å². The number of hydrogen-bond donors (Lipinski definition) is 1. The Morgan fingerprint density at radius 3 is 2.84 bits per heavy atom. The second kappa shape index (κ2) is 7.63. The van der Waals surface area contributed by atoms with Gasteiger partial charge in [-0.25, -0.2) is 0 Å². The molecule has 1 fully saturated rings. The van der Waals surface area contributed by atoms with Crippen molar-refractivity contribution in [1.29, 1.82) is 0 Å². The van der Waals surface area contributed by atoms with E-state index in [2.05, 4.69) is 47.5 Å². The molecular weight excluding hydrogens is 236 g/mol. The van der Waals surface area contributed by atoms with Crippen LogP contribution >= 0.6 is 0 Å². The number of nitrogens with zero attached hydrogens (tertiary/aromatic N) is 1. The van der Waals surface area contributed by atoms with Crippen LogP contribution in [0.5, 0.6) is 0 Å². The maximum Gasteiger partial charge on any atom is 0.0474 e. The zero-order valence-electron chi connectivity index (χ0n) is 12.1. The summed E-state index contributed by atoms with van der Waals surface area (Å²) in [6.07, 6.45) is 2.24. The van der Waals surface area contributed by atoms with Crippen LogP contribution in [0.1, 0.15) is 18.9 Å². The van der Waals surface area contributed by atoms with Crippen molar-refractivity contribution in [2.24, 2.45) is 0 Å². The largest absolute Gasteiger partial charge is 0.385 e. The normalized spacial score (nSPS) is 24.5. The van der Waals surface area contributed by atoms with E-state index in [-0.39, 0.29) is 0 Å². The van der Waals surface area contributed by atoms with Crippen LogP contribution in [0.25, 0.3) is 0 Å². The van der Waals surface area contributed by atoms with Crippen molar-refractivity contribution in [1.82, 2.24) is 10.2 Å². The van der Waals surface area contributed by atoms with Gasteiger partial charge in [0, 0.05) is 45.4 Å². The Morgan fingerprint density at radius 2 is 2.11 bits per heavy atom. The minimum atomic E-state index is 0.571. The maximum atomic E-state index is 5.15. The van der Waals surface area contributed by atoms with E-state index in [1.807, 2.05) is 0 Å². The zero-order chi connectivity index (χ0) is 13.5. The predicted octanol–water partition coefficient (Wildman–Crippen LogP) is 1.93. The molecule has 2 unspecified atom stereocenters. The molecule has 3 nitrogen and oxygen atoms in total. The Bertz CT molecular complexity index is 355. The van der Waals surface area contributed by atoms with E-state index in [4.69, 9.17) is 4.74 Å². The lowest BCUT2D eigenvalue weighted by atomic mass is 10.0. The third-order valence-corrected chi connectivity index (χ3v) is 3.90. The molecule has 0 aliphatic carbocycles. The van der Waals surface area contributed by atoms with Gasteiger partial charge in [-0.05, 0) is 25.3 Å². The molecule has 1 saturated heterocycles. The number of hydrogen-bond acceptors (Lipinski definition) is 3. The molecule has 1 aliphatic rings. The van der Waals surface area contributed by atoms with Gasteiger partial charge >= 0.3 is 0 Å². The van der Waals surface area contributed by atoms with Crippen LogP contribution in [-0.4, -0.2) is 50.3 Å². The molecule has 1 aromatic rings. The van der Waals surface area contributed by atoms with Crippen molar-refractivity contribution >= 4 is 0 Å². The van der Waals surface area contributed by atoms with Gasteiger partial charge in [-0.2, -0.15) is 0 Å². The lowest BCUT2D eigenvalue weighted by Crippen LogP contribution is -2.56. The van der Waals surface area contributed by atoms with Crippen LogP contribution < -0.4 is 5.32 Å². The molecule has 1 aliphatic heterocycles. The van der Waals surface area contributed by atoms with Crippen molar-refractivity contribution in [3.63, 3.8) is 0 Å². The van der Waals surface area contributed by atoms with Gasteiger partial charge in [0.2, 0.25) is 0 Å². The molecule has 2 rings (SSSR count). The van der Waals surface area contributed by atoms with Crippen molar-refractivity contribution in [3.05, 3.63) is 35.9 Å². The first-order valence-electron chi connectivity index (χ1n) is 7.30. The Kier molecular flexibility index (Phi) is 5.83. The van der Waals surface area contributed by atoms with Gasteiger partial charge in [0.1, 0.15) is 0 Å². The predicted molar refractivity (Wildman–Crippen MR) is 79.5 cm³/mol. The van der Waals surface area contributed by atoms with E-state index in [9.17, 15) is 0 Å². The van der Waals surface area contributed by atoms with Gasteiger partial charge in [-0.3, -0.25) is 4.90 Å². The van der Waals surface area contributed by atoms with Gasteiger partial charge in [-0.15, -0.1) is 0 Å². The molecule has 0 saturated carbocycles. The number of nitrogens with one attached hydrogen (secondary N) is 1. The summed E-state index contributed by atoms with van der Waals surface area (Å²) in [5, 5.41) is 3.66. The molecular formula is C16H26N2O. The molecule has 2 atom stereocenters. The summed E-state index contributed by atoms with van der Waals surface area (Å²) in [6, 6.07) is 12.0. The summed E-state index contributed by atoms with van der Waals surface area (Å²) in [5.74, 6) is 0. The summed E-state index contributed by atoms with van der Waals surface area (Å²) in [4.78, 5) is 2.59. The fourth-order valence-electron chi connectivity index (χ4n) is 2.75. The van der Waals surface area contributed by atoms with Crippen molar-refractivity contribution in [2.75, 3.05) is 33.4 Å². The standard InChI is InChI=1S/C16H26N2O/c1-14-12-17-16(11-15-7-4-3-5-8-15)13-18(14)9-6-10-19-2/h3-5,7-8,14,16-17H,6,9-13H2,1-2H3. The van der Waals surface area contributed by atoms with Gasteiger partial charge in [0.15, 0.2) is 0 Å². The van der Waals surface area contributed by atoms with Crippen molar-refractivity contribution in [3.8, 4) is 0 Å². The number of ether oxygens (including phenoxy) is 1.